The molecule has 1 amide bonds. The molecule has 0 aliphatic carbocycles. The van der Waals surface area contributed by atoms with Crippen LogP contribution in [0.5, 0.6) is 0 Å². The largest absolute Gasteiger partial charge is 0.444 e. The molecule has 88 valence electrons. The molecule has 1 fully saturated rings. The van der Waals surface area contributed by atoms with E-state index in [0.29, 0.717) is 24.4 Å². The van der Waals surface area contributed by atoms with E-state index < -0.39 is 0 Å². The van der Waals surface area contributed by atoms with Gasteiger partial charge in [-0.05, 0) is 28.1 Å². The lowest BCUT2D eigenvalue weighted by Crippen LogP contribution is -2.50. The van der Waals surface area contributed by atoms with Gasteiger partial charge in [0.2, 0.25) is 0 Å². The summed E-state index contributed by atoms with van der Waals surface area (Å²) in [4.78, 5) is 13.6. The molecule has 16 heavy (non-hydrogen) atoms. The fourth-order valence-corrected chi connectivity index (χ4v) is 1.95. The van der Waals surface area contributed by atoms with Gasteiger partial charge in [-0.25, -0.2) is 0 Å². The van der Waals surface area contributed by atoms with Crippen LogP contribution in [0, 0.1) is 0 Å². The molecule has 2 heterocycles. The number of carbonyl (C=O) groups is 1. The van der Waals surface area contributed by atoms with Gasteiger partial charge in [0.15, 0.2) is 10.4 Å². The Balaban J connectivity index is 2.13. The first-order valence-corrected chi connectivity index (χ1v) is 5.76. The maximum Gasteiger partial charge on any atom is 0.290 e. The van der Waals surface area contributed by atoms with Crippen molar-refractivity contribution in [3.63, 3.8) is 0 Å². The number of rotatable bonds is 2. The van der Waals surface area contributed by atoms with Crippen molar-refractivity contribution >= 4 is 21.8 Å². The number of amides is 1. The molecule has 0 bridgehead atoms. The quantitative estimate of drug-likeness (QED) is 0.878. The smallest absolute Gasteiger partial charge is 0.290 e. The molecule has 5 nitrogen and oxygen atoms in total. The molecule has 1 saturated heterocycles. The van der Waals surface area contributed by atoms with Gasteiger partial charge >= 0.3 is 0 Å². The zero-order valence-electron chi connectivity index (χ0n) is 8.56. The van der Waals surface area contributed by atoms with E-state index in [1.165, 1.54) is 0 Å². The number of halogens is 1. The fourth-order valence-electron chi connectivity index (χ4n) is 1.64. The number of carbonyl (C=O) groups excluding carboxylic acids is 1. The minimum absolute atomic E-state index is 0.104. The second kappa shape index (κ2) is 4.99. The number of hydrogen-bond donors (Lipinski definition) is 1. The highest BCUT2D eigenvalue weighted by molar-refractivity contribution is 9.10. The van der Waals surface area contributed by atoms with E-state index in [1.807, 2.05) is 0 Å². The number of nitrogens with zero attached hydrogens (tertiary/aromatic N) is 1. The molecule has 2 rings (SSSR count). The highest BCUT2D eigenvalue weighted by Crippen LogP contribution is 2.18. The Bertz CT molecular complexity index is 379. The van der Waals surface area contributed by atoms with Crippen LogP contribution in [0.2, 0.25) is 0 Å². The Hall–Kier alpha value is -0.850. The zero-order chi connectivity index (χ0) is 11.5. The predicted octanol–water partition coefficient (Wildman–Crippen LogP) is 0.875. The summed E-state index contributed by atoms with van der Waals surface area (Å²) in [7, 11) is 0. The number of morpholine rings is 1. The number of aliphatic hydroxyl groups excluding tert-OH is 1. The normalized spacial score (nSPS) is 21.1. The van der Waals surface area contributed by atoms with Gasteiger partial charge in [-0.3, -0.25) is 4.79 Å². The number of ether oxygens (including phenoxy) is 1. The highest BCUT2D eigenvalue weighted by Gasteiger charge is 2.29. The van der Waals surface area contributed by atoms with Crippen LogP contribution in [0.15, 0.2) is 21.2 Å². The van der Waals surface area contributed by atoms with Crippen molar-refractivity contribution in [2.24, 2.45) is 0 Å². The van der Waals surface area contributed by atoms with E-state index >= 15 is 0 Å². The highest BCUT2D eigenvalue weighted by atomic mass is 79.9. The summed E-state index contributed by atoms with van der Waals surface area (Å²) >= 11 is 3.15. The molecule has 1 aliphatic heterocycles. The molecular weight excluding hydrogens is 278 g/mol. The minimum atomic E-state index is -0.287. The molecular formula is C10H12BrNO4. The summed E-state index contributed by atoms with van der Waals surface area (Å²) in [6.07, 6.45) is 0. The Morgan fingerprint density at radius 3 is 3.06 bits per heavy atom. The average molecular weight is 290 g/mol. The molecule has 0 unspecified atom stereocenters. The molecule has 1 atom stereocenters. The maximum absolute atomic E-state index is 12.0. The molecule has 6 heteroatoms. The molecule has 0 aromatic carbocycles. The van der Waals surface area contributed by atoms with E-state index in [1.54, 1.807) is 17.0 Å². The van der Waals surface area contributed by atoms with Crippen LogP contribution in [0.4, 0.5) is 0 Å². The summed E-state index contributed by atoms with van der Waals surface area (Å²) in [6, 6.07) is 2.99. The van der Waals surface area contributed by atoms with Gasteiger partial charge < -0.3 is 19.2 Å². The van der Waals surface area contributed by atoms with Gasteiger partial charge in [0, 0.05) is 6.54 Å². The third-order valence-electron chi connectivity index (χ3n) is 2.48. The zero-order valence-corrected chi connectivity index (χ0v) is 10.1. The van der Waals surface area contributed by atoms with E-state index in [0.717, 1.165) is 0 Å². The number of aliphatic hydroxyl groups is 1. The van der Waals surface area contributed by atoms with Crippen molar-refractivity contribution < 1.29 is 19.1 Å². The lowest BCUT2D eigenvalue weighted by atomic mass is 10.2. The van der Waals surface area contributed by atoms with Crippen molar-refractivity contribution in [1.82, 2.24) is 4.90 Å². The maximum atomic E-state index is 12.0. The van der Waals surface area contributed by atoms with Crippen molar-refractivity contribution in [3.8, 4) is 0 Å². The Labute approximate surface area is 101 Å². The summed E-state index contributed by atoms with van der Waals surface area (Å²) in [5, 5.41) is 9.15. The molecule has 0 radical (unpaired) electrons. The first-order valence-electron chi connectivity index (χ1n) is 4.97. The van der Waals surface area contributed by atoms with Crippen LogP contribution in [-0.4, -0.2) is 48.3 Å². The summed E-state index contributed by atoms with van der Waals surface area (Å²) in [6.45, 7) is 1.23. The second-order valence-electron chi connectivity index (χ2n) is 3.51. The third kappa shape index (κ3) is 2.28. The van der Waals surface area contributed by atoms with Crippen molar-refractivity contribution in [2.75, 3.05) is 26.4 Å². The molecule has 1 aromatic heterocycles. The van der Waals surface area contributed by atoms with E-state index in [4.69, 9.17) is 14.3 Å². The van der Waals surface area contributed by atoms with Crippen molar-refractivity contribution in [3.05, 3.63) is 22.6 Å². The van der Waals surface area contributed by atoms with Crippen LogP contribution in [-0.2, 0) is 4.74 Å². The van der Waals surface area contributed by atoms with Gasteiger partial charge in [-0.2, -0.15) is 0 Å². The van der Waals surface area contributed by atoms with E-state index in [-0.39, 0.29) is 24.3 Å². The van der Waals surface area contributed by atoms with Crippen LogP contribution < -0.4 is 0 Å². The first-order chi connectivity index (χ1) is 7.72. The van der Waals surface area contributed by atoms with Crippen LogP contribution in [0.1, 0.15) is 10.6 Å². The Morgan fingerprint density at radius 1 is 1.62 bits per heavy atom. The summed E-state index contributed by atoms with van der Waals surface area (Å²) in [5.74, 6) is 0.0558. The first kappa shape index (κ1) is 11.6. The van der Waals surface area contributed by atoms with E-state index in [9.17, 15) is 4.79 Å². The number of furan rings is 1. The lowest BCUT2D eigenvalue weighted by molar-refractivity contribution is -0.0197. The van der Waals surface area contributed by atoms with Crippen LogP contribution >= 0.6 is 15.9 Å². The van der Waals surface area contributed by atoms with Crippen LogP contribution in [0.25, 0.3) is 0 Å². The molecule has 1 N–H and O–H groups in total. The SMILES string of the molecule is O=C(c1ccc(Br)o1)N1CCOC[C@@H]1CO. The molecule has 1 aromatic rings. The second-order valence-corrected chi connectivity index (χ2v) is 4.30. The van der Waals surface area contributed by atoms with Crippen molar-refractivity contribution in [1.29, 1.82) is 0 Å². The van der Waals surface area contributed by atoms with Gasteiger partial charge in [-0.15, -0.1) is 0 Å². The molecule has 0 spiro atoms. The summed E-state index contributed by atoms with van der Waals surface area (Å²) < 4.78 is 10.9. The van der Waals surface area contributed by atoms with Gasteiger partial charge in [0.25, 0.3) is 5.91 Å². The third-order valence-corrected chi connectivity index (χ3v) is 2.91. The lowest BCUT2D eigenvalue weighted by Gasteiger charge is -2.33. The standard InChI is InChI=1S/C10H12BrNO4/c11-9-2-1-8(16-9)10(14)12-3-4-15-6-7(12)5-13/h1-2,7,13H,3-6H2/t7-/m0/s1. The topological polar surface area (TPSA) is 62.9 Å². The monoisotopic (exact) mass is 289 g/mol. The average Bonchev–Trinajstić information content (AvgIpc) is 2.75. The van der Waals surface area contributed by atoms with Crippen molar-refractivity contribution in [2.45, 2.75) is 6.04 Å². The summed E-state index contributed by atoms with van der Waals surface area (Å²) in [5.41, 5.74) is 0. The molecule has 0 saturated carbocycles. The Morgan fingerprint density at radius 2 is 2.44 bits per heavy atom. The fraction of sp³-hybridized carbons (Fsp3) is 0.500. The number of hydrogen-bond acceptors (Lipinski definition) is 4. The van der Waals surface area contributed by atoms with Crippen LogP contribution in [0.3, 0.4) is 0 Å². The van der Waals surface area contributed by atoms with Gasteiger partial charge in [0.1, 0.15) is 0 Å². The Kier molecular flexibility index (Phi) is 3.63. The molecule has 1 aliphatic rings. The predicted molar refractivity (Wildman–Crippen MR) is 59.1 cm³/mol. The van der Waals surface area contributed by atoms with Gasteiger partial charge in [0.05, 0.1) is 25.9 Å². The van der Waals surface area contributed by atoms with E-state index in [2.05, 4.69) is 15.9 Å². The minimum Gasteiger partial charge on any atom is -0.444 e. The van der Waals surface area contributed by atoms with Gasteiger partial charge in [-0.1, -0.05) is 0 Å².